The van der Waals surface area contributed by atoms with Gasteiger partial charge in [-0.15, -0.1) is 0 Å². The number of thioether (sulfide) groups is 1. The normalized spacial score (nSPS) is 12.2. The molecule has 0 aliphatic carbocycles. The molecule has 1 amide bonds. The van der Waals surface area contributed by atoms with Gasteiger partial charge in [-0.05, 0) is 18.4 Å². The summed E-state index contributed by atoms with van der Waals surface area (Å²) in [6.45, 7) is 1.89. The minimum atomic E-state index is -0.862. The van der Waals surface area contributed by atoms with Crippen LogP contribution in [0.2, 0.25) is 0 Å². The van der Waals surface area contributed by atoms with Gasteiger partial charge in [0.05, 0.1) is 5.92 Å². The van der Waals surface area contributed by atoms with Crippen molar-refractivity contribution in [3.8, 4) is 0 Å². The lowest BCUT2D eigenvalue weighted by Crippen LogP contribution is -2.33. The molecular formula is C10H19NO3S. The van der Waals surface area contributed by atoms with Gasteiger partial charge >= 0.3 is 5.97 Å². The number of hydrogen-bond acceptors (Lipinski definition) is 3. The second kappa shape index (κ2) is 7.56. The highest BCUT2D eigenvalue weighted by Crippen LogP contribution is 2.04. The molecule has 1 N–H and O–H groups in total. The van der Waals surface area contributed by atoms with Crippen molar-refractivity contribution in [1.82, 2.24) is 4.90 Å². The molecule has 0 aliphatic heterocycles. The third kappa shape index (κ3) is 6.38. The first-order valence-electron chi connectivity index (χ1n) is 4.94. The average molecular weight is 233 g/mol. The van der Waals surface area contributed by atoms with E-state index >= 15 is 0 Å². The standard InChI is InChI=1S/C10H19NO3S/c1-8(10(13)14)7-11(2)9(12)5-4-6-15-3/h8H,4-7H2,1-3H3,(H,13,14). The van der Waals surface area contributed by atoms with E-state index in [-0.39, 0.29) is 12.5 Å². The topological polar surface area (TPSA) is 57.6 Å². The van der Waals surface area contributed by atoms with Gasteiger partial charge in [0.2, 0.25) is 5.91 Å². The number of carbonyl (C=O) groups is 2. The van der Waals surface area contributed by atoms with Crippen LogP contribution < -0.4 is 0 Å². The van der Waals surface area contributed by atoms with Crippen molar-refractivity contribution in [2.45, 2.75) is 19.8 Å². The predicted molar refractivity (Wildman–Crippen MR) is 62.1 cm³/mol. The first-order chi connectivity index (χ1) is 6.99. The molecule has 0 saturated carbocycles. The summed E-state index contributed by atoms with van der Waals surface area (Å²) in [5.74, 6) is -0.371. The summed E-state index contributed by atoms with van der Waals surface area (Å²) >= 11 is 1.71. The van der Waals surface area contributed by atoms with E-state index in [0.29, 0.717) is 6.42 Å². The van der Waals surface area contributed by atoms with Crippen LogP contribution in [0, 0.1) is 5.92 Å². The molecule has 0 heterocycles. The molecule has 15 heavy (non-hydrogen) atoms. The minimum absolute atomic E-state index is 0.0251. The molecule has 4 nitrogen and oxygen atoms in total. The van der Waals surface area contributed by atoms with Gasteiger partial charge in [0.1, 0.15) is 0 Å². The lowest BCUT2D eigenvalue weighted by molar-refractivity contribution is -0.142. The highest BCUT2D eigenvalue weighted by Gasteiger charge is 2.16. The highest BCUT2D eigenvalue weighted by atomic mass is 32.2. The number of carboxylic acids is 1. The Bertz CT molecular complexity index is 221. The monoisotopic (exact) mass is 233 g/mol. The van der Waals surface area contributed by atoms with Gasteiger partial charge in [-0.1, -0.05) is 6.92 Å². The summed E-state index contributed by atoms with van der Waals surface area (Å²) in [5, 5.41) is 8.69. The van der Waals surface area contributed by atoms with Crippen LogP contribution in [0.1, 0.15) is 19.8 Å². The van der Waals surface area contributed by atoms with Gasteiger partial charge in [-0.3, -0.25) is 9.59 Å². The Morgan fingerprint density at radius 2 is 2.07 bits per heavy atom. The predicted octanol–water partition coefficient (Wildman–Crippen LogP) is 1.31. The van der Waals surface area contributed by atoms with Gasteiger partial charge in [-0.2, -0.15) is 11.8 Å². The zero-order chi connectivity index (χ0) is 11.8. The Labute approximate surface area is 95.0 Å². The molecule has 1 unspecified atom stereocenters. The molecule has 0 rings (SSSR count). The van der Waals surface area contributed by atoms with E-state index in [9.17, 15) is 9.59 Å². The number of hydrogen-bond donors (Lipinski definition) is 1. The number of aliphatic carboxylic acids is 1. The average Bonchev–Trinajstić information content (AvgIpc) is 2.17. The van der Waals surface area contributed by atoms with Gasteiger partial charge in [0.15, 0.2) is 0 Å². The minimum Gasteiger partial charge on any atom is -0.481 e. The van der Waals surface area contributed by atoms with Crippen molar-refractivity contribution >= 4 is 23.6 Å². The maximum Gasteiger partial charge on any atom is 0.308 e. The number of amides is 1. The summed E-state index contributed by atoms with van der Waals surface area (Å²) in [6, 6.07) is 0. The molecule has 0 spiro atoms. The van der Waals surface area contributed by atoms with Crippen LogP contribution in [-0.4, -0.2) is 47.5 Å². The lowest BCUT2D eigenvalue weighted by atomic mass is 10.1. The van der Waals surface area contributed by atoms with Crippen LogP contribution >= 0.6 is 11.8 Å². The van der Waals surface area contributed by atoms with Crippen molar-refractivity contribution in [2.24, 2.45) is 5.92 Å². The summed E-state index contributed by atoms with van der Waals surface area (Å²) in [6.07, 6.45) is 3.36. The molecule has 0 aromatic rings. The van der Waals surface area contributed by atoms with Crippen LogP contribution in [0.15, 0.2) is 0 Å². The van der Waals surface area contributed by atoms with Gasteiger partial charge in [-0.25, -0.2) is 0 Å². The molecule has 0 aromatic heterocycles. The van der Waals surface area contributed by atoms with Crippen molar-refractivity contribution in [3.63, 3.8) is 0 Å². The van der Waals surface area contributed by atoms with E-state index in [2.05, 4.69) is 0 Å². The highest BCUT2D eigenvalue weighted by molar-refractivity contribution is 7.98. The number of carbonyl (C=O) groups excluding carboxylic acids is 1. The summed E-state index contributed by atoms with van der Waals surface area (Å²) < 4.78 is 0. The maximum absolute atomic E-state index is 11.5. The van der Waals surface area contributed by atoms with Crippen LogP contribution in [0.25, 0.3) is 0 Å². The van der Waals surface area contributed by atoms with E-state index in [0.717, 1.165) is 12.2 Å². The van der Waals surface area contributed by atoms with Crippen molar-refractivity contribution in [2.75, 3.05) is 25.6 Å². The van der Waals surface area contributed by atoms with E-state index in [4.69, 9.17) is 5.11 Å². The molecule has 88 valence electrons. The Kier molecular flexibility index (Phi) is 7.21. The van der Waals surface area contributed by atoms with Crippen LogP contribution in [0.5, 0.6) is 0 Å². The smallest absolute Gasteiger partial charge is 0.308 e. The molecule has 0 aromatic carbocycles. The van der Waals surface area contributed by atoms with Gasteiger partial charge in [0, 0.05) is 20.0 Å². The Hall–Kier alpha value is -0.710. The zero-order valence-corrected chi connectivity index (χ0v) is 10.3. The second-order valence-corrected chi connectivity index (χ2v) is 4.60. The molecule has 5 heteroatoms. The molecule has 0 fully saturated rings. The lowest BCUT2D eigenvalue weighted by Gasteiger charge is -2.19. The Morgan fingerprint density at radius 1 is 1.47 bits per heavy atom. The summed E-state index contributed by atoms with van der Waals surface area (Å²) in [7, 11) is 1.65. The quantitative estimate of drug-likeness (QED) is 0.674. The number of rotatable bonds is 7. The molecule has 0 aliphatic rings. The van der Waals surface area contributed by atoms with E-state index < -0.39 is 11.9 Å². The maximum atomic E-state index is 11.5. The third-order valence-corrected chi connectivity index (χ3v) is 2.83. The van der Waals surface area contributed by atoms with E-state index in [1.165, 1.54) is 4.90 Å². The van der Waals surface area contributed by atoms with Crippen LogP contribution in [0.4, 0.5) is 0 Å². The van der Waals surface area contributed by atoms with Crippen molar-refractivity contribution in [3.05, 3.63) is 0 Å². The number of nitrogens with zero attached hydrogens (tertiary/aromatic N) is 1. The van der Waals surface area contributed by atoms with Gasteiger partial charge in [0.25, 0.3) is 0 Å². The fourth-order valence-corrected chi connectivity index (χ4v) is 1.58. The first kappa shape index (κ1) is 14.3. The zero-order valence-electron chi connectivity index (χ0n) is 9.52. The Balaban J connectivity index is 3.83. The first-order valence-corrected chi connectivity index (χ1v) is 6.34. The van der Waals surface area contributed by atoms with E-state index in [1.807, 2.05) is 6.26 Å². The summed E-state index contributed by atoms with van der Waals surface area (Å²) in [4.78, 5) is 23.6. The van der Waals surface area contributed by atoms with Crippen molar-refractivity contribution < 1.29 is 14.7 Å². The molecule has 0 saturated heterocycles. The number of carboxylic acid groups (broad SMARTS) is 1. The Morgan fingerprint density at radius 3 is 2.53 bits per heavy atom. The SMILES string of the molecule is CSCCCC(=O)N(C)CC(C)C(=O)O. The fourth-order valence-electron chi connectivity index (χ4n) is 1.15. The van der Waals surface area contributed by atoms with Crippen LogP contribution in [-0.2, 0) is 9.59 Å². The second-order valence-electron chi connectivity index (χ2n) is 3.61. The molecular weight excluding hydrogens is 214 g/mol. The largest absolute Gasteiger partial charge is 0.481 e. The fraction of sp³-hybridized carbons (Fsp3) is 0.800. The molecule has 1 atom stereocenters. The van der Waals surface area contributed by atoms with Crippen LogP contribution in [0.3, 0.4) is 0 Å². The van der Waals surface area contributed by atoms with Gasteiger partial charge < -0.3 is 10.0 Å². The van der Waals surface area contributed by atoms with E-state index in [1.54, 1.807) is 25.7 Å². The third-order valence-electron chi connectivity index (χ3n) is 2.13. The molecule has 0 radical (unpaired) electrons. The summed E-state index contributed by atoms with van der Waals surface area (Å²) in [5.41, 5.74) is 0. The molecule has 0 bridgehead atoms. The van der Waals surface area contributed by atoms with Crippen molar-refractivity contribution in [1.29, 1.82) is 0 Å².